The first-order chi connectivity index (χ1) is 14.6. The minimum absolute atomic E-state index is 0.286. The molecule has 2 aromatic carbocycles. The number of ether oxygens (including phenoxy) is 2. The van der Waals surface area contributed by atoms with E-state index in [-0.39, 0.29) is 5.97 Å². The SMILES string of the molecule is CCOC(=O)C=C1CCc2nn(-c3ccc(OC)cc3)c(-c3ccc(Cl)cc3)c2C1. The zero-order valence-corrected chi connectivity index (χ0v) is 17.8. The van der Waals surface area contributed by atoms with E-state index in [0.717, 1.165) is 52.4 Å². The smallest absolute Gasteiger partial charge is 0.330 e. The van der Waals surface area contributed by atoms with Crippen LogP contribution in [0.1, 0.15) is 24.6 Å². The van der Waals surface area contributed by atoms with Crippen LogP contribution in [0.25, 0.3) is 16.9 Å². The van der Waals surface area contributed by atoms with Crippen molar-refractivity contribution < 1.29 is 14.3 Å². The number of hydrogen-bond acceptors (Lipinski definition) is 4. The maximum atomic E-state index is 12.0. The number of esters is 1. The molecule has 0 atom stereocenters. The summed E-state index contributed by atoms with van der Waals surface area (Å²) in [5, 5.41) is 5.61. The fraction of sp³-hybridized carbons (Fsp3) is 0.250. The molecule has 1 aromatic heterocycles. The third-order valence-corrected chi connectivity index (χ3v) is 5.45. The molecule has 0 saturated heterocycles. The third kappa shape index (κ3) is 4.12. The highest BCUT2D eigenvalue weighted by Crippen LogP contribution is 2.36. The zero-order valence-electron chi connectivity index (χ0n) is 17.0. The maximum Gasteiger partial charge on any atom is 0.330 e. The topological polar surface area (TPSA) is 53.3 Å². The van der Waals surface area contributed by atoms with Crippen LogP contribution in [0.15, 0.2) is 60.2 Å². The Kier molecular flexibility index (Phi) is 5.91. The van der Waals surface area contributed by atoms with Gasteiger partial charge in [-0.2, -0.15) is 5.10 Å². The fourth-order valence-corrected chi connectivity index (χ4v) is 3.89. The number of methoxy groups -OCH3 is 1. The van der Waals surface area contributed by atoms with Crippen molar-refractivity contribution in [1.82, 2.24) is 9.78 Å². The second-order valence-corrected chi connectivity index (χ2v) is 7.56. The molecule has 0 saturated carbocycles. The number of aromatic nitrogens is 2. The van der Waals surface area contributed by atoms with Gasteiger partial charge < -0.3 is 9.47 Å². The number of halogens is 1. The van der Waals surface area contributed by atoms with E-state index in [1.54, 1.807) is 13.2 Å². The van der Waals surface area contributed by atoms with E-state index in [4.69, 9.17) is 26.2 Å². The number of allylic oxidation sites excluding steroid dienone is 1. The zero-order chi connectivity index (χ0) is 21.1. The lowest BCUT2D eigenvalue weighted by atomic mass is 9.89. The third-order valence-electron chi connectivity index (χ3n) is 5.20. The van der Waals surface area contributed by atoms with Gasteiger partial charge in [0.15, 0.2) is 0 Å². The van der Waals surface area contributed by atoms with E-state index in [0.29, 0.717) is 18.1 Å². The largest absolute Gasteiger partial charge is 0.497 e. The molecule has 1 aliphatic carbocycles. The number of carbonyl (C=O) groups excluding carboxylic acids is 1. The summed E-state index contributed by atoms with van der Waals surface area (Å²) in [6.07, 6.45) is 3.88. The van der Waals surface area contributed by atoms with Gasteiger partial charge in [-0.3, -0.25) is 0 Å². The van der Waals surface area contributed by atoms with Gasteiger partial charge in [-0.25, -0.2) is 9.48 Å². The fourth-order valence-electron chi connectivity index (χ4n) is 3.76. The van der Waals surface area contributed by atoms with Crippen LogP contribution in [0, 0.1) is 0 Å². The molecular formula is C24H23ClN2O3. The van der Waals surface area contributed by atoms with E-state index in [9.17, 15) is 4.79 Å². The molecule has 6 heteroatoms. The van der Waals surface area contributed by atoms with Gasteiger partial charge >= 0.3 is 5.97 Å². The van der Waals surface area contributed by atoms with Crippen LogP contribution in [-0.2, 0) is 22.4 Å². The molecule has 0 radical (unpaired) electrons. The summed E-state index contributed by atoms with van der Waals surface area (Å²) in [6.45, 7) is 2.19. The van der Waals surface area contributed by atoms with Crippen LogP contribution >= 0.6 is 11.6 Å². The molecule has 1 aliphatic rings. The lowest BCUT2D eigenvalue weighted by molar-refractivity contribution is -0.137. The normalized spacial score (nSPS) is 14.4. The monoisotopic (exact) mass is 422 g/mol. The van der Waals surface area contributed by atoms with Gasteiger partial charge in [-0.1, -0.05) is 29.3 Å². The van der Waals surface area contributed by atoms with Crippen molar-refractivity contribution in [3.8, 4) is 22.7 Å². The Hall–Kier alpha value is -3.05. The highest BCUT2D eigenvalue weighted by atomic mass is 35.5. The molecule has 154 valence electrons. The van der Waals surface area contributed by atoms with Gasteiger partial charge in [-0.05, 0) is 62.6 Å². The number of carbonyl (C=O) groups is 1. The summed E-state index contributed by atoms with van der Waals surface area (Å²) in [5.74, 6) is 0.509. The van der Waals surface area contributed by atoms with Crippen molar-refractivity contribution in [1.29, 1.82) is 0 Å². The lowest BCUT2D eigenvalue weighted by Gasteiger charge is -2.16. The van der Waals surface area contributed by atoms with Gasteiger partial charge in [0.25, 0.3) is 0 Å². The Morgan fingerprint density at radius 3 is 2.53 bits per heavy atom. The Morgan fingerprint density at radius 2 is 1.87 bits per heavy atom. The molecular weight excluding hydrogens is 400 g/mol. The standard InChI is InChI=1S/C24H23ClN2O3/c1-3-30-23(28)15-16-4-13-22-21(14-16)24(17-5-7-18(25)8-6-17)27(26-22)19-9-11-20(29-2)12-10-19/h5-12,15H,3-4,13-14H2,1-2H3. The first-order valence-electron chi connectivity index (χ1n) is 9.96. The second-order valence-electron chi connectivity index (χ2n) is 7.12. The average Bonchev–Trinajstić information content (AvgIpc) is 3.13. The van der Waals surface area contributed by atoms with Crippen LogP contribution in [0.5, 0.6) is 5.75 Å². The molecule has 0 fully saturated rings. The number of nitrogens with zero attached hydrogens (tertiary/aromatic N) is 2. The molecule has 0 aliphatic heterocycles. The summed E-state index contributed by atoms with van der Waals surface area (Å²) >= 11 is 6.12. The van der Waals surface area contributed by atoms with Gasteiger partial charge in [0.05, 0.1) is 30.8 Å². The molecule has 0 N–H and O–H groups in total. The summed E-state index contributed by atoms with van der Waals surface area (Å²) in [7, 11) is 1.65. The van der Waals surface area contributed by atoms with Crippen LogP contribution in [-0.4, -0.2) is 29.5 Å². The van der Waals surface area contributed by atoms with E-state index in [2.05, 4.69) is 0 Å². The minimum atomic E-state index is -0.286. The Morgan fingerprint density at radius 1 is 1.13 bits per heavy atom. The molecule has 0 unspecified atom stereocenters. The van der Waals surface area contributed by atoms with Crippen molar-refractivity contribution in [3.63, 3.8) is 0 Å². The van der Waals surface area contributed by atoms with E-state index >= 15 is 0 Å². The lowest BCUT2D eigenvalue weighted by Crippen LogP contribution is -2.08. The number of rotatable bonds is 5. The number of hydrogen-bond donors (Lipinski definition) is 0. The first kappa shape index (κ1) is 20.2. The molecule has 1 heterocycles. The molecule has 0 spiro atoms. The van der Waals surface area contributed by atoms with Crippen molar-refractivity contribution in [3.05, 3.63) is 76.5 Å². The Bertz CT molecular complexity index is 1080. The van der Waals surface area contributed by atoms with Crippen molar-refractivity contribution in [2.24, 2.45) is 0 Å². The van der Waals surface area contributed by atoms with Crippen LogP contribution < -0.4 is 4.74 Å². The van der Waals surface area contributed by atoms with Gasteiger partial charge in [0, 0.05) is 22.2 Å². The molecule has 0 bridgehead atoms. The Balaban J connectivity index is 1.81. The highest BCUT2D eigenvalue weighted by Gasteiger charge is 2.25. The van der Waals surface area contributed by atoms with Gasteiger partial charge in [-0.15, -0.1) is 0 Å². The molecule has 30 heavy (non-hydrogen) atoms. The summed E-state index contributed by atoms with van der Waals surface area (Å²) in [5.41, 5.74) is 6.24. The quantitative estimate of drug-likeness (QED) is 0.420. The van der Waals surface area contributed by atoms with E-state index in [1.807, 2.05) is 60.1 Å². The van der Waals surface area contributed by atoms with Gasteiger partial charge in [0.2, 0.25) is 0 Å². The van der Waals surface area contributed by atoms with Crippen molar-refractivity contribution >= 4 is 17.6 Å². The van der Waals surface area contributed by atoms with Crippen molar-refractivity contribution in [2.45, 2.75) is 26.2 Å². The van der Waals surface area contributed by atoms with E-state index < -0.39 is 0 Å². The minimum Gasteiger partial charge on any atom is -0.497 e. The second kappa shape index (κ2) is 8.76. The number of benzene rings is 2. The summed E-state index contributed by atoms with van der Waals surface area (Å²) in [6, 6.07) is 15.6. The summed E-state index contributed by atoms with van der Waals surface area (Å²) in [4.78, 5) is 12.0. The first-order valence-corrected chi connectivity index (χ1v) is 10.3. The highest BCUT2D eigenvalue weighted by molar-refractivity contribution is 6.30. The molecule has 5 nitrogen and oxygen atoms in total. The molecule has 0 amide bonds. The predicted molar refractivity (Wildman–Crippen MR) is 117 cm³/mol. The average molecular weight is 423 g/mol. The van der Waals surface area contributed by atoms with Crippen LogP contribution in [0.3, 0.4) is 0 Å². The van der Waals surface area contributed by atoms with E-state index in [1.165, 1.54) is 0 Å². The molecule has 4 rings (SSSR count). The Labute approximate surface area is 180 Å². The van der Waals surface area contributed by atoms with Crippen molar-refractivity contribution in [2.75, 3.05) is 13.7 Å². The predicted octanol–water partition coefficient (Wildman–Crippen LogP) is 5.18. The number of fused-ring (bicyclic) bond motifs is 1. The summed E-state index contributed by atoms with van der Waals surface area (Å²) < 4.78 is 12.4. The van der Waals surface area contributed by atoms with Crippen LogP contribution in [0.2, 0.25) is 5.02 Å². The maximum absolute atomic E-state index is 12.0. The molecule has 3 aromatic rings. The van der Waals surface area contributed by atoms with Crippen LogP contribution in [0.4, 0.5) is 0 Å². The number of aryl methyl sites for hydroxylation is 1. The van der Waals surface area contributed by atoms with Gasteiger partial charge in [0.1, 0.15) is 5.75 Å².